The second kappa shape index (κ2) is 36.8. The SMILES string of the molecule is CC[C@]1(OC(=O)OCCSSC[C@@H](NC(C)=O)C(=O)N[C@@H](CCCCNC(=O)[C@@H](CSSCCOC(=O)O[C@]2(CC)C(=O)OCc3c2cc2n(c3=O)Cc3cc4ccccc4nc3-2)NC(C)=O)C(=O)N[C@@H](CCCN)C(=O)N[C@@H](CCC(=O)O)C(N)=O)C(=O)OCc2c1cc1n(c2=O)Cc2cc3ccccc3nc2-1. The number of nitrogens with two attached hydrogens (primary N) is 2. The Labute approximate surface area is 638 Å². The first-order valence-electron chi connectivity index (χ1n) is 35.1. The van der Waals surface area contributed by atoms with Gasteiger partial charge in [-0.1, -0.05) is 93.4 Å². The van der Waals surface area contributed by atoms with Gasteiger partial charge in [0.25, 0.3) is 11.1 Å². The van der Waals surface area contributed by atoms with E-state index in [1.165, 1.54) is 33.1 Å². The molecule has 6 aromatic rings. The molecule has 0 unspecified atom stereocenters. The van der Waals surface area contributed by atoms with Crippen molar-refractivity contribution in [3.05, 3.63) is 127 Å². The van der Waals surface area contributed by atoms with Crippen molar-refractivity contribution in [2.75, 3.05) is 49.3 Å². The van der Waals surface area contributed by atoms with E-state index in [4.69, 9.17) is 49.9 Å². The van der Waals surface area contributed by atoms with Crippen LogP contribution in [0.25, 0.3) is 44.6 Å². The first-order valence-corrected chi connectivity index (χ1v) is 40.1. The van der Waals surface area contributed by atoms with Gasteiger partial charge in [-0.05, 0) is 94.3 Å². The predicted molar refractivity (Wildman–Crippen MR) is 402 cm³/mol. The van der Waals surface area contributed by atoms with E-state index in [1.807, 2.05) is 60.7 Å². The lowest BCUT2D eigenvalue weighted by molar-refractivity contribution is -0.175. The van der Waals surface area contributed by atoms with Crippen LogP contribution in [-0.4, -0.2) is 175 Å². The molecule has 0 spiro atoms. The van der Waals surface area contributed by atoms with Crippen LogP contribution in [0.5, 0.6) is 0 Å². The van der Waals surface area contributed by atoms with Crippen molar-refractivity contribution in [2.45, 2.75) is 153 Å². The second-order valence-electron chi connectivity index (χ2n) is 25.9. The van der Waals surface area contributed by atoms with Crippen LogP contribution in [-0.2, 0) is 114 Å². The van der Waals surface area contributed by atoms with Crippen molar-refractivity contribution in [3.63, 3.8) is 0 Å². The molecule has 7 amide bonds. The summed E-state index contributed by atoms with van der Waals surface area (Å²) in [6.45, 7) is 4.94. The first kappa shape index (κ1) is 81.3. The fourth-order valence-electron chi connectivity index (χ4n) is 13.1. The number of carboxylic acid groups (broad SMARTS) is 1. The molecule has 0 saturated carbocycles. The number of carbonyl (C=O) groups excluding carboxylic acids is 11. The molecule has 4 aliphatic rings. The number of hydrogen-bond acceptors (Lipinski definition) is 27. The van der Waals surface area contributed by atoms with Crippen LogP contribution in [0, 0.1) is 0 Å². The average Bonchev–Trinajstić information content (AvgIpc) is 1.66. The summed E-state index contributed by atoms with van der Waals surface area (Å²) in [5.41, 5.74) is 12.0. The summed E-state index contributed by atoms with van der Waals surface area (Å²) < 4.78 is 36.4. The molecule has 0 bridgehead atoms. The molecule has 0 radical (unpaired) electrons. The van der Waals surface area contributed by atoms with Gasteiger partial charge in [-0.3, -0.25) is 47.9 Å². The van der Waals surface area contributed by atoms with Crippen LogP contribution >= 0.6 is 43.2 Å². The molecular weight excluding hydrogens is 1500 g/mol. The van der Waals surface area contributed by atoms with Crippen LogP contribution < -0.4 is 54.5 Å². The van der Waals surface area contributed by atoms with Gasteiger partial charge in [-0.2, -0.15) is 0 Å². The average molecular weight is 1580 g/mol. The zero-order chi connectivity index (χ0) is 78.3. The third-order valence-corrected chi connectivity index (χ3v) is 23.3. The minimum Gasteiger partial charge on any atom is -0.481 e. The van der Waals surface area contributed by atoms with Gasteiger partial charge in [0, 0.05) is 82.9 Å². The number of cyclic esters (lactones) is 2. The highest BCUT2D eigenvalue weighted by atomic mass is 33.1. The Balaban J connectivity index is 0.719. The highest BCUT2D eigenvalue weighted by Crippen LogP contribution is 2.43. The van der Waals surface area contributed by atoms with E-state index < -0.39 is 131 Å². The van der Waals surface area contributed by atoms with E-state index in [1.54, 1.807) is 30.5 Å². The zero-order valence-electron chi connectivity index (χ0n) is 59.9. The normalized spacial score (nSPS) is 17.0. The van der Waals surface area contributed by atoms with Crippen LogP contribution in [0.15, 0.2) is 82.4 Å². The molecule has 2 aromatic carbocycles. The van der Waals surface area contributed by atoms with Crippen LogP contribution in [0.2, 0.25) is 0 Å². The molecule has 0 fully saturated rings. The minimum atomic E-state index is -2.05. The number of benzene rings is 2. The van der Waals surface area contributed by atoms with E-state index in [-0.39, 0.29) is 149 Å². The number of carboxylic acids is 1. The van der Waals surface area contributed by atoms with Gasteiger partial charge >= 0.3 is 30.2 Å². The van der Waals surface area contributed by atoms with Crippen molar-refractivity contribution in [1.29, 1.82) is 0 Å². The van der Waals surface area contributed by atoms with Crippen molar-refractivity contribution in [3.8, 4) is 22.8 Å². The predicted octanol–water partition coefficient (Wildman–Crippen LogP) is 4.10. The maximum absolute atomic E-state index is 14.4. The number of pyridine rings is 4. The molecular formula is C72H82N12O21S4. The highest BCUT2D eigenvalue weighted by molar-refractivity contribution is 8.77. The van der Waals surface area contributed by atoms with Gasteiger partial charge in [-0.15, -0.1) is 0 Å². The number of ether oxygens (including phenoxy) is 6. The quantitative estimate of drug-likeness (QED) is 0.0114. The lowest BCUT2D eigenvalue weighted by Gasteiger charge is -2.35. The minimum absolute atomic E-state index is 0.00826. The molecule has 10 rings (SSSR count). The second-order valence-corrected chi connectivity index (χ2v) is 31.1. The van der Waals surface area contributed by atoms with Gasteiger partial charge in [0.1, 0.15) is 56.6 Å². The van der Waals surface area contributed by atoms with Gasteiger partial charge in [0.15, 0.2) is 0 Å². The lowest BCUT2D eigenvalue weighted by Crippen LogP contribution is -2.58. The number of esters is 2. The van der Waals surface area contributed by atoms with Gasteiger partial charge in [0.05, 0.1) is 58.0 Å². The summed E-state index contributed by atoms with van der Waals surface area (Å²) in [6, 6.07) is 15.5. The van der Waals surface area contributed by atoms with Crippen molar-refractivity contribution in [1.82, 2.24) is 51.0 Å². The number of aromatic nitrogens is 4. The first-order chi connectivity index (χ1) is 52.3. The highest BCUT2D eigenvalue weighted by Gasteiger charge is 2.53. The molecule has 8 heterocycles. The third kappa shape index (κ3) is 19.1. The summed E-state index contributed by atoms with van der Waals surface area (Å²) in [6.07, 6.45) is -3.28. The van der Waals surface area contributed by atoms with E-state index in [9.17, 15) is 72.2 Å². The molecule has 11 N–H and O–H groups in total. The third-order valence-electron chi connectivity index (χ3n) is 18.6. The number of rotatable bonds is 37. The smallest absolute Gasteiger partial charge is 0.481 e. The Kier molecular flexibility index (Phi) is 27.4. The number of carbonyl (C=O) groups is 12. The molecule has 0 saturated heterocycles. The maximum Gasteiger partial charge on any atom is 0.509 e. The molecule has 37 heteroatoms. The van der Waals surface area contributed by atoms with E-state index >= 15 is 0 Å². The van der Waals surface area contributed by atoms with Crippen LogP contribution in [0.4, 0.5) is 9.59 Å². The number of para-hydroxylation sites is 2. The van der Waals surface area contributed by atoms with Gasteiger partial charge in [-0.25, -0.2) is 29.1 Å². The number of nitrogens with one attached hydrogen (secondary N) is 6. The standard InChI is InChI=1S/C72H82N12O21S4/c1-5-71(46-30-55-58-42(28-40-14-7-9-16-48(40)78-58)32-83(55)65(94)44(46)34-102-67(71)96)104-69(98)100-24-26-106-108-36-53(76-38(3)85)61(90)75-23-12-11-18-51(63(92)81-52(19-13-22-73)62(91)80-50(60(74)89)20-21-57(87)88)82-64(93)54(77-39(4)86)37-109-107-27-25-101-70(99)105-72(6-2)47-31-56-59-43(29-41-15-8-10-17-49(41)79-59)33-84(56)66(95)45(47)35-103-68(72)97/h7-10,14-17,28-31,50-54H,5-6,11-13,18-27,32-37,73H2,1-4H3,(H2,74,89)(H,75,90)(H,76,85)(H,77,86)(H,80,91)(H,81,92)(H,82,93)(H,87,88)/t50-,51-,52-,53+,54+,71-,72+/m0/s1. The van der Waals surface area contributed by atoms with Crippen LogP contribution in [0.1, 0.15) is 119 Å². The summed E-state index contributed by atoms with van der Waals surface area (Å²) in [5, 5.41) is 26.6. The Hall–Kier alpha value is -10.2. The summed E-state index contributed by atoms with van der Waals surface area (Å²) >= 11 is 0. The van der Waals surface area contributed by atoms with E-state index in [0.29, 0.717) is 33.8 Å². The monoisotopic (exact) mass is 1580 g/mol. The fourth-order valence-corrected chi connectivity index (χ4v) is 17.1. The van der Waals surface area contributed by atoms with E-state index in [2.05, 4.69) is 31.9 Å². The van der Waals surface area contributed by atoms with Crippen LogP contribution in [0.3, 0.4) is 0 Å². The number of fused-ring (bicyclic) bond motifs is 10. The Morgan fingerprint density at radius 2 is 1.01 bits per heavy atom. The topological polar surface area (TPSA) is 474 Å². The Morgan fingerprint density at radius 3 is 1.45 bits per heavy atom. The maximum atomic E-state index is 14.4. The number of hydrogen-bond donors (Lipinski definition) is 9. The molecule has 0 aliphatic carbocycles. The van der Waals surface area contributed by atoms with Crippen molar-refractivity contribution < 1.29 is 91.1 Å². The molecule has 7 atom stereocenters. The molecule has 33 nitrogen and oxygen atoms in total. The molecule has 4 aliphatic heterocycles. The number of primary amides is 1. The van der Waals surface area contributed by atoms with Crippen molar-refractivity contribution in [2.24, 2.45) is 11.5 Å². The zero-order valence-corrected chi connectivity index (χ0v) is 63.1. The number of nitrogens with zero attached hydrogens (tertiary/aromatic N) is 4. The number of aliphatic carboxylic acids is 1. The van der Waals surface area contributed by atoms with Gasteiger partial charge in [0.2, 0.25) is 52.6 Å². The number of amides is 7. The fraction of sp³-hybridized carbons (Fsp3) is 0.444. The Bertz CT molecular complexity index is 4700. The molecule has 580 valence electrons. The molecule has 4 aromatic heterocycles. The molecule has 109 heavy (non-hydrogen) atoms. The Morgan fingerprint density at radius 1 is 0.569 bits per heavy atom. The van der Waals surface area contributed by atoms with Crippen molar-refractivity contribution >= 4 is 137 Å². The summed E-state index contributed by atoms with van der Waals surface area (Å²) in [4.78, 5) is 196. The lowest BCUT2D eigenvalue weighted by atomic mass is 9.85. The van der Waals surface area contributed by atoms with E-state index in [0.717, 1.165) is 50.4 Å². The summed E-state index contributed by atoms with van der Waals surface area (Å²) in [7, 11) is 4.57. The number of unbranched alkanes of at least 4 members (excludes halogenated alkanes) is 1. The largest absolute Gasteiger partial charge is 0.509 e. The van der Waals surface area contributed by atoms with Gasteiger partial charge < -0.3 is 86.0 Å². The summed E-state index contributed by atoms with van der Waals surface area (Å²) in [5.74, 6) is -8.29.